The van der Waals surface area contributed by atoms with E-state index in [0.717, 1.165) is 18.4 Å². The fraction of sp³-hybridized carbons (Fsp3) is 0.571. The summed E-state index contributed by atoms with van der Waals surface area (Å²) in [5.74, 6) is 0.628. The van der Waals surface area contributed by atoms with Crippen molar-refractivity contribution >= 4 is 11.6 Å². The summed E-state index contributed by atoms with van der Waals surface area (Å²) in [7, 11) is 0. The molecule has 1 fully saturated rings. The minimum absolute atomic E-state index is 0.0430. The highest BCUT2D eigenvalue weighted by atomic mass is 35.5. The quantitative estimate of drug-likeness (QED) is 0.865. The zero-order valence-electron chi connectivity index (χ0n) is 10.5. The van der Waals surface area contributed by atoms with Gasteiger partial charge in [0.1, 0.15) is 5.75 Å². The molecule has 1 aromatic rings. The molecule has 0 heterocycles. The summed E-state index contributed by atoms with van der Waals surface area (Å²) in [5.41, 5.74) is 7.96. The Morgan fingerprint density at radius 1 is 1.41 bits per heavy atom. The van der Waals surface area contributed by atoms with Crippen LogP contribution in [0.4, 0.5) is 0 Å². The molecule has 17 heavy (non-hydrogen) atoms. The van der Waals surface area contributed by atoms with Crippen LogP contribution in [0.25, 0.3) is 0 Å². The van der Waals surface area contributed by atoms with Crippen molar-refractivity contribution in [1.29, 1.82) is 0 Å². The average Bonchev–Trinajstić information content (AvgIpc) is 2.22. The summed E-state index contributed by atoms with van der Waals surface area (Å²) in [6, 6.07) is 3.94. The molecule has 2 rings (SSSR count). The third-order valence-corrected chi connectivity index (χ3v) is 4.31. The van der Waals surface area contributed by atoms with Gasteiger partial charge in [0.2, 0.25) is 0 Å². The van der Waals surface area contributed by atoms with Crippen LogP contribution >= 0.6 is 11.6 Å². The summed E-state index contributed by atoms with van der Waals surface area (Å²) < 4.78 is 0. The SMILES string of the molecule is CC(C)c1cc(Cl)c(O)c(C2(CN)CCC2)c1. The Labute approximate surface area is 108 Å². The summed E-state index contributed by atoms with van der Waals surface area (Å²) in [6.45, 7) is 4.84. The molecule has 2 nitrogen and oxygen atoms in total. The number of nitrogens with two attached hydrogens (primary N) is 1. The zero-order chi connectivity index (χ0) is 12.6. The number of rotatable bonds is 3. The second-order valence-electron chi connectivity index (χ2n) is 5.39. The van der Waals surface area contributed by atoms with Gasteiger partial charge in [0.15, 0.2) is 0 Å². The molecule has 0 bridgehead atoms. The number of aromatic hydroxyl groups is 1. The summed E-state index contributed by atoms with van der Waals surface area (Å²) in [5, 5.41) is 10.6. The molecule has 94 valence electrons. The van der Waals surface area contributed by atoms with Crippen LogP contribution in [0.3, 0.4) is 0 Å². The van der Waals surface area contributed by atoms with E-state index in [0.29, 0.717) is 17.5 Å². The molecule has 0 spiro atoms. The molecular weight excluding hydrogens is 234 g/mol. The van der Waals surface area contributed by atoms with Gasteiger partial charge in [-0.3, -0.25) is 0 Å². The zero-order valence-corrected chi connectivity index (χ0v) is 11.2. The molecular formula is C14H20ClNO. The van der Waals surface area contributed by atoms with E-state index in [1.807, 2.05) is 6.07 Å². The van der Waals surface area contributed by atoms with E-state index in [4.69, 9.17) is 17.3 Å². The summed E-state index contributed by atoms with van der Waals surface area (Å²) >= 11 is 6.12. The molecule has 0 atom stereocenters. The molecule has 0 radical (unpaired) electrons. The van der Waals surface area contributed by atoms with Crippen LogP contribution in [0.15, 0.2) is 12.1 Å². The lowest BCUT2D eigenvalue weighted by atomic mass is 9.64. The van der Waals surface area contributed by atoms with E-state index in [1.54, 1.807) is 0 Å². The first-order valence-electron chi connectivity index (χ1n) is 6.23. The third kappa shape index (κ3) is 2.04. The maximum atomic E-state index is 10.1. The number of hydrogen-bond acceptors (Lipinski definition) is 2. The van der Waals surface area contributed by atoms with E-state index in [-0.39, 0.29) is 11.2 Å². The fourth-order valence-corrected chi connectivity index (χ4v) is 2.77. The fourth-order valence-electron chi connectivity index (χ4n) is 2.54. The Bertz CT molecular complexity index is 419. The van der Waals surface area contributed by atoms with E-state index in [1.165, 1.54) is 12.0 Å². The van der Waals surface area contributed by atoms with E-state index in [9.17, 15) is 5.11 Å². The van der Waals surface area contributed by atoms with Gasteiger partial charge in [-0.25, -0.2) is 0 Å². The van der Waals surface area contributed by atoms with E-state index >= 15 is 0 Å². The van der Waals surface area contributed by atoms with Gasteiger partial charge < -0.3 is 10.8 Å². The average molecular weight is 254 g/mol. The third-order valence-electron chi connectivity index (χ3n) is 4.03. The number of phenolic OH excluding ortho intramolecular Hbond substituents is 1. The van der Waals surface area contributed by atoms with Crippen molar-refractivity contribution in [3.63, 3.8) is 0 Å². The number of benzene rings is 1. The Balaban J connectivity index is 2.52. The molecule has 1 aliphatic carbocycles. The Morgan fingerprint density at radius 2 is 2.06 bits per heavy atom. The Hall–Kier alpha value is -0.730. The second kappa shape index (κ2) is 4.51. The summed E-state index contributed by atoms with van der Waals surface area (Å²) in [6.07, 6.45) is 3.28. The van der Waals surface area contributed by atoms with Gasteiger partial charge in [0, 0.05) is 17.5 Å². The standard InChI is InChI=1S/C14H20ClNO/c1-9(2)10-6-11(13(17)12(15)7-10)14(8-16)4-3-5-14/h6-7,9,17H,3-5,8,16H2,1-2H3. The van der Waals surface area contributed by atoms with Gasteiger partial charge in [-0.05, 0) is 30.4 Å². The van der Waals surface area contributed by atoms with Crippen molar-refractivity contribution in [3.8, 4) is 5.75 Å². The van der Waals surface area contributed by atoms with Gasteiger partial charge in [-0.15, -0.1) is 0 Å². The van der Waals surface area contributed by atoms with Crippen molar-refractivity contribution in [2.45, 2.75) is 44.4 Å². The molecule has 0 amide bonds. The van der Waals surface area contributed by atoms with Gasteiger partial charge in [-0.1, -0.05) is 37.9 Å². The van der Waals surface area contributed by atoms with Crippen LogP contribution in [0.5, 0.6) is 5.75 Å². The van der Waals surface area contributed by atoms with Crippen LogP contribution < -0.4 is 5.73 Å². The molecule has 3 N–H and O–H groups in total. The van der Waals surface area contributed by atoms with Crippen molar-refractivity contribution in [1.82, 2.24) is 0 Å². The summed E-state index contributed by atoms with van der Waals surface area (Å²) in [4.78, 5) is 0. The minimum Gasteiger partial charge on any atom is -0.506 e. The predicted octanol–water partition coefficient (Wildman–Crippen LogP) is 3.55. The van der Waals surface area contributed by atoms with Crippen LogP contribution in [0.2, 0.25) is 5.02 Å². The molecule has 1 aromatic carbocycles. The lowest BCUT2D eigenvalue weighted by Gasteiger charge is -2.42. The topological polar surface area (TPSA) is 46.2 Å². The first-order chi connectivity index (χ1) is 8.00. The molecule has 1 aliphatic rings. The molecule has 0 saturated heterocycles. The monoisotopic (exact) mass is 253 g/mol. The first kappa shape index (κ1) is 12.7. The number of hydrogen-bond donors (Lipinski definition) is 2. The second-order valence-corrected chi connectivity index (χ2v) is 5.80. The van der Waals surface area contributed by atoms with E-state index in [2.05, 4.69) is 19.9 Å². The van der Waals surface area contributed by atoms with Gasteiger partial charge in [-0.2, -0.15) is 0 Å². The van der Waals surface area contributed by atoms with Crippen molar-refractivity contribution in [2.75, 3.05) is 6.54 Å². The van der Waals surface area contributed by atoms with Crippen LogP contribution in [0, 0.1) is 0 Å². The Kier molecular flexibility index (Phi) is 3.37. The Morgan fingerprint density at radius 3 is 2.47 bits per heavy atom. The van der Waals surface area contributed by atoms with Crippen LogP contribution in [0.1, 0.15) is 50.2 Å². The number of halogens is 1. The molecule has 0 aromatic heterocycles. The highest BCUT2D eigenvalue weighted by molar-refractivity contribution is 6.32. The molecule has 0 aliphatic heterocycles. The van der Waals surface area contributed by atoms with Gasteiger partial charge in [0.05, 0.1) is 5.02 Å². The lowest BCUT2D eigenvalue weighted by molar-refractivity contribution is 0.245. The lowest BCUT2D eigenvalue weighted by Crippen LogP contribution is -2.41. The maximum Gasteiger partial charge on any atom is 0.137 e. The van der Waals surface area contributed by atoms with Crippen molar-refractivity contribution < 1.29 is 5.11 Å². The molecule has 0 unspecified atom stereocenters. The van der Waals surface area contributed by atoms with Crippen molar-refractivity contribution in [2.24, 2.45) is 5.73 Å². The van der Waals surface area contributed by atoms with Gasteiger partial charge >= 0.3 is 0 Å². The minimum atomic E-state index is -0.0430. The molecule has 1 saturated carbocycles. The highest BCUT2D eigenvalue weighted by Crippen LogP contribution is 2.48. The van der Waals surface area contributed by atoms with Crippen LogP contribution in [-0.2, 0) is 5.41 Å². The van der Waals surface area contributed by atoms with Crippen molar-refractivity contribution in [3.05, 3.63) is 28.3 Å². The predicted molar refractivity (Wildman–Crippen MR) is 71.8 cm³/mol. The van der Waals surface area contributed by atoms with E-state index < -0.39 is 0 Å². The number of phenols is 1. The molecule has 3 heteroatoms. The maximum absolute atomic E-state index is 10.1. The first-order valence-corrected chi connectivity index (χ1v) is 6.61. The smallest absolute Gasteiger partial charge is 0.137 e. The van der Waals surface area contributed by atoms with Gasteiger partial charge in [0.25, 0.3) is 0 Å². The van der Waals surface area contributed by atoms with Crippen LogP contribution in [-0.4, -0.2) is 11.7 Å². The normalized spacial score (nSPS) is 18.2. The largest absolute Gasteiger partial charge is 0.506 e. The highest BCUT2D eigenvalue weighted by Gasteiger charge is 2.40.